The van der Waals surface area contributed by atoms with Crippen LogP contribution in [-0.4, -0.2) is 63.2 Å². The monoisotopic (exact) mass is 574 g/mol. The summed E-state index contributed by atoms with van der Waals surface area (Å²) in [6.45, 7) is 0. The minimum atomic E-state index is 0. The van der Waals surface area contributed by atoms with E-state index >= 15 is 0 Å². The van der Waals surface area contributed by atoms with Crippen molar-refractivity contribution in [1.82, 2.24) is 0 Å². The van der Waals surface area contributed by atoms with Gasteiger partial charge in [-0.1, -0.05) is 0 Å². The fourth-order valence-corrected chi connectivity index (χ4v) is 0. The Bertz CT molecular complexity index is 8.00. The third-order valence-corrected chi connectivity index (χ3v) is 0. The summed E-state index contributed by atoms with van der Waals surface area (Å²) >= 11 is 3.28. The van der Waals surface area contributed by atoms with Gasteiger partial charge in [-0.3, -0.25) is 0 Å². The zero-order chi connectivity index (χ0) is 2.00. The van der Waals surface area contributed by atoms with E-state index < -0.39 is 0 Å². The van der Waals surface area contributed by atoms with E-state index in [1.165, 1.54) is 19.1 Å². The molecule has 0 fully saturated rings. The van der Waals surface area contributed by atoms with Crippen LogP contribution in [0.5, 0.6) is 0 Å². The molecule has 0 atom stereocenters. The number of hydrogen-bond acceptors (Lipinski definition) is 0. The third kappa shape index (κ3) is 9.05. The molecule has 0 saturated heterocycles. The summed E-state index contributed by atoms with van der Waals surface area (Å²) in [6.07, 6.45) is 0. The Morgan fingerprint density at radius 1 is 1.25 bits per heavy atom. The van der Waals surface area contributed by atoms with Gasteiger partial charge in [-0.15, -0.1) is 0 Å². The number of rotatable bonds is 0. The Balaban J connectivity index is -0.00000000500. The molecule has 0 radical (unpaired) electrons. The zero-order valence-electron chi connectivity index (χ0n) is 1.73. The van der Waals surface area contributed by atoms with E-state index in [0.29, 0.717) is 0 Å². The molecule has 0 unspecified atom stereocenters. The van der Waals surface area contributed by atoms with Crippen molar-refractivity contribution in [3.8, 4) is 0 Å². The second-order valence-corrected chi connectivity index (χ2v) is 0. The Morgan fingerprint density at radius 3 is 1.25 bits per heavy atom. The minimum absolute atomic E-state index is 0. The molecule has 0 N–H and O–H groups in total. The van der Waals surface area contributed by atoms with Crippen LogP contribution in [0.1, 0.15) is 0 Å². The first-order valence-electron chi connectivity index (χ1n) is 0.258. The summed E-state index contributed by atoms with van der Waals surface area (Å²) in [5, 5.41) is 0. The molecule has 0 aromatic carbocycles. The van der Waals surface area contributed by atoms with Crippen molar-refractivity contribution in [2.45, 2.75) is 0 Å². The van der Waals surface area contributed by atoms with Crippen molar-refractivity contribution in [2.24, 2.45) is 0 Å². The standard InChI is InChI=1S/Hg.In.Sb.H2Te.5H/h;;;1H2;;;;;/q;;+1;;;;;;/p-1. The molecule has 0 rings (SSSR count). The van der Waals surface area contributed by atoms with Gasteiger partial charge in [-0.2, -0.15) is 0 Å². The average Bonchev–Trinajstić information content (AvgIpc) is 1.00. The molecule has 4 heavy (non-hydrogen) atoms. The molecule has 0 heterocycles. The molecule has 0 aliphatic rings. The predicted molar refractivity (Wildman–Crippen MR) is 25.6 cm³/mol. The second kappa shape index (κ2) is 16.1. The van der Waals surface area contributed by atoms with E-state index in [9.17, 15) is 0 Å². The molecule has 0 aliphatic heterocycles. The molecule has 22 valence electrons. The van der Waals surface area contributed by atoms with Gasteiger partial charge in [0.05, 0.1) is 0 Å². The predicted octanol–water partition coefficient (Wildman–Crippen LogP) is -2.75. The second-order valence-electron chi connectivity index (χ2n) is 0. The quantitative estimate of drug-likeness (QED) is 0.277. The normalized spacial score (nSPS) is 1.50. The van der Waals surface area contributed by atoms with Gasteiger partial charge in [0.2, 0.25) is 0 Å². The van der Waals surface area contributed by atoms with Gasteiger partial charge in [0.1, 0.15) is 0 Å². The SMILES string of the molecule is [Hg].[InH3].[SbH2][TeH]. The molecule has 0 aliphatic carbocycles. The maximum atomic E-state index is 1.88. The summed E-state index contributed by atoms with van der Waals surface area (Å²) in [4.78, 5) is 0. The van der Waals surface area contributed by atoms with Crippen LogP contribution in [0.2, 0.25) is 0 Å². The van der Waals surface area contributed by atoms with Crippen molar-refractivity contribution in [3.63, 3.8) is 0 Å². The summed E-state index contributed by atoms with van der Waals surface area (Å²) in [5.74, 6) is 0. The number of hydrogen-bond donors (Lipinski definition) is 0. The summed E-state index contributed by atoms with van der Waals surface area (Å²) < 4.78 is 0. The van der Waals surface area contributed by atoms with Crippen molar-refractivity contribution in [2.75, 3.05) is 0 Å². The van der Waals surface area contributed by atoms with E-state index in [1.54, 1.807) is 0 Å². The van der Waals surface area contributed by atoms with Crippen LogP contribution in [0.4, 0.5) is 0 Å². The topological polar surface area (TPSA) is 0 Å². The zero-order valence-corrected chi connectivity index (χ0v) is 13.1. The van der Waals surface area contributed by atoms with Gasteiger partial charge in [-0.25, -0.2) is 0 Å². The maximum absolute atomic E-state index is 1.88. The van der Waals surface area contributed by atoms with Crippen LogP contribution in [0, 0.1) is 0 Å². The molecule has 0 nitrogen and oxygen atoms in total. The van der Waals surface area contributed by atoms with E-state index in [-0.39, 0.29) is 53.5 Å². The van der Waals surface area contributed by atoms with Crippen LogP contribution >= 0.6 is 0 Å². The van der Waals surface area contributed by atoms with Gasteiger partial charge in [-0.05, 0) is 0 Å². The van der Waals surface area contributed by atoms with Crippen molar-refractivity contribution in [3.05, 3.63) is 0 Å². The molecular formula is H6HgInSbTe. The summed E-state index contributed by atoms with van der Waals surface area (Å²) in [7, 11) is 0. The van der Waals surface area contributed by atoms with Crippen molar-refractivity contribution >= 4 is 63.2 Å². The Hall–Kier alpha value is 3.41. The van der Waals surface area contributed by atoms with Crippen LogP contribution in [0.25, 0.3) is 0 Å². The van der Waals surface area contributed by atoms with Gasteiger partial charge < -0.3 is 0 Å². The Morgan fingerprint density at radius 2 is 1.25 bits per heavy atom. The summed E-state index contributed by atoms with van der Waals surface area (Å²) in [5.41, 5.74) is 0. The van der Waals surface area contributed by atoms with E-state index in [0.717, 1.165) is 0 Å². The molecular weight excluding hydrogens is 565 g/mol. The average molecular weight is 571 g/mol. The molecule has 0 bridgehead atoms. The summed E-state index contributed by atoms with van der Waals surface area (Å²) in [6, 6.07) is 0. The van der Waals surface area contributed by atoms with Crippen LogP contribution < -0.4 is 0 Å². The molecule has 0 amide bonds. The molecule has 0 spiro atoms. The first kappa shape index (κ1) is 15.7. The Kier molecular flexibility index (Phi) is 63.1. The van der Waals surface area contributed by atoms with E-state index in [2.05, 4.69) is 0 Å². The van der Waals surface area contributed by atoms with Crippen LogP contribution in [0.15, 0.2) is 0 Å². The van der Waals surface area contributed by atoms with E-state index in [1.807, 2.05) is 18.2 Å². The van der Waals surface area contributed by atoms with Gasteiger partial charge in [0.25, 0.3) is 0 Å². The van der Waals surface area contributed by atoms with E-state index in [4.69, 9.17) is 0 Å². The molecule has 0 aromatic heterocycles. The van der Waals surface area contributed by atoms with Gasteiger partial charge in [0, 0.05) is 27.7 Å². The van der Waals surface area contributed by atoms with Gasteiger partial charge >= 0.3 is 63.2 Å². The fourth-order valence-electron chi connectivity index (χ4n) is 0. The van der Waals surface area contributed by atoms with Gasteiger partial charge in [0.15, 0.2) is 0 Å². The third-order valence-electron chi connectivity index (χ3n) is 0. The molecule has 4 heteroatoms. The van der Waals surface area contributed by atoms with Crippen LogP contribution in [0.3, 0.4) is 0 Å². The molecule has 0 aromatic rings. The first-order chi connectivity index (χ1) is 1.00. The fraction of sp³-hybridized carbons (Fsp3) is 0. The van der Waals surface area contributed by atoms with Crippen molar-refractivity contribution in [1.29, 1.82) is 0 Å². The van der Waals surface area contributed by atoms with Crippen LogP contribution in [-0.2, 0) is 27.7 Å². The molecule has 0 saturated carbocycles. The Labute approximate surface area is 88.6 Å². The van der Waals surface area contributed by atoms with Crippen molar-refractivity contribution < 1.29 is 27.7 Å². The first-order valence-corrected chi connectivity index (χ1v) is 11.6.